The zero-order valence-corrected chi connectivity index (χ0v) is 17.4. The molecule has 156 valence electrons. The summed E-state index contributed by atoms with van der Waals surface area (Å²) in [6.07, 6.45) is 4.30. The number of aliphatic imine (C=N–C) groups is 1. The summed E-state index contributed by atoms with van der Waals surface area (Å²) in [5.41, 5.74) is 2.31. The molecular formula is C21H31N7O. The Bertz CT molecular complexity index is 813. The molecule has 1 fully saturated rings. The first-order chi connectivity index (χ1) is 14.2. The fraction of sp³-hybridized carbons (Fsp3) is 0.524. The van der Waals surface area contributed by atoms with E-state index in [0.29, 0.717) is 19.5 Å². The number of carbonyl (C=O) groups excluding carboxylic acids is 1. The lowest BCUT2D eigenvalue weighted by molar-refractivity contribution is -0.128. The fourth-order valence-corrected chi connectivity index (χ4v) is 3.39. The minimum absolute atomic E-state index is 0.262. The largest absolute Gasteiger partial charge is 0.357 e. The molecule has 0 radical (unpaired) electrons. The molecule has 0 atom stereocenters. The Balaban J connectivity index is 1.50. The number of guanidine groups is 1. The lowest BCUT2D eigenvalue weighted by atomic mass is 10.1. The number of hydrogen-bond donors (Lipinski definition) is 2. The normalized spacial score (nSPS) is 14.5. The summed E-state index contributed by atoms with van der Waals surface area (Å²) >= 11 is 0. The molecule has 8 heteroatoms. The maximum Gasteiger partial charge on any atom is 0.222 e. The Hall–Kier alpha value is -2.90. The third kappa shape index (κ3) is 6.04. The number of likely N-dealkylation sites (tertiary alicyclic amines) is 1. The summed E-state index contributed by atoms with van der Waals surface area (Å²) in [6.45, 7) is 8.66. The molecule has 0 unspecified atom stereocenters. The zero-order valence-electron chi connectivity index (χ0n) is 17.4. The van der Waals surface area contributed by atoms with Crippen LogP contribution in [0.3, 0.4) is 0 Å². The summed E-state index contributed by atoms with van der Waals surface area (Å²) in [5, 5.41) is 14.7. The number of aromatic nitrogens is 3. The van der Waals surface area contributed by atoms with Crippen molar-refractivity contribution >= 4 is 11.9 Å². The van der Waals surface area contributed by atoms with Crippen LogP contribution in [-0.2, 0) is 30.8 Å². The van der Waals surface area contributed by atoms with Gasteiger partial charge in [0, 0.05) is 45.6 Å². The van der Waals surface area contributed by atoms with Gasteiger partial charge >= 0.3 is 0 Å². The lowest BCUT2D eigenvalue weighted by Gasteiger charge is -2.15. The first-order valence-corrected chi connectivity index (χ1v) is 10.4. The quantitative estimate of drug-likeness (QED) is 0.497. The van der Waals surface area contributed by atoms with Crippen molar-refractivity contribution in [1.82, 2.24) is 30.3 Å². The van der Waals surface area contributed by atoms with Crippen LogP contribution < -0.4 is 10.6 Å². The SMILES string of the molecule is CCNC(=NCc1ccc(CN2CCCC2=O)cc1)NCCn1cnnc1CC. The predicted octanol–water partition coefficient (Wildman–Crippen LogP) is 1.72. The summed E-state index contributed by atoms with van der Waals surface area (Å²) in [6, 6.07) is 8.37. The van der Waals surface area contributed by atoms with Gasteiger partial charge in [-0.15, -0.1) is 10.2 Å². The molecule has 1 aromatic carbocycles. The van der Waals surface area contributed by atoms with E-state index in [9.17, 15) is 4.79 Å². The molecule has 0 aliphatic carbocycles. The van der Waals surface area contributed by atoms with Gasteiger partial charge in [0.25, 0.3) is 0 Å². The van der Waals surface area contributed by atoms with Gasteiger partial charge in [-0.1, -0.05) is 31.2 Å². The van der Waals surface area contributed by atoms with Crippen molar-refractivity contribution in [2.75, 3.05) is 19.6 Å². The maximum absolute atomic E-state index is 11.8. The zero-order chi connectivity index (χ0) is 20.5. The Kier molecular flexibility index (Phi) is 7.61. The highest BCUT2D eigenvalue weighted by Crippen LogP contribution is 2.15. The molecule has 29 heavy (non-hydrogen) atoms. The highest BCUT2D eigenvalue weighted by molar-refractivity contribution is 5.79. The molecule has 2 N–H and O–H groups in total. The van der Waals surface area contributed by atoms with Crippen molar-refractivity contribution in [2.45, 2.75) is 52.7 Å². The summed E-state index contributed by atoms with van der Waals surface area (Å²) < 4.78 is 2.06. The molecule has 2 heterocycles. The number of carbonyl (C=O) groups is 1. The van der Waals surface area contributed by atoms with Crippen molar-refractivity contribution in [2.24, 2.45) is 4.99 Å². The van der Waals surface area contributed by atoms with E-state index < -0.39 is 0 Å². The standard InChI is InChI=1S/C21H31N7O/c1-3-19-26-25-16-28(19)13-11-23-21(22-4-2)24-14-17-7-9-18(10-8-17)15-27-12-5-6-20(27)29/h7-10,16H,3-6,11-15H2,1-2H3,(H2,22,23,24). The van der Waals surface area contributed by atoms with E-state index in [1.54, 1.807) is 6.33 Å². The average molecular weight is 398 g/mol. The topological polar surface area (TPSA) is 87.4 Å². The van der Waals surface area contributed by atoms with Crippen LogP contribution in [0.2, 0.25) is 0 Å². The molecule has 3 rings (SSSR count). The minimum Gasteiger partial charge on any atom is -0.357 e. The van der Waals surface area contributed by atoms with Gasteiger partial charge < -0.3 is 20.1 Å². The van der Waals surface area contributed by atoms with Gasteiger partial charge in [0.15, 0.2) is 5.96 Å². The van der Waals surface area contributed by atoms with Crippen LogP contribution in [0.5, 0.6) is 0 Å². The van der Waals surface area contributed by atoms with Gasteiger partial charge in [-0.2, -0.15) is 0 Å². The van der Waals surface area contributed by atoms with E-state index >= 15 is 0 Å². The van der Waals surface area contributed by atoms with Crippen molar-refractivity contribution in [3.05, 3.63) is 47.5 Å². The number of nitrogens with zero attached hydrogens (tertiary/aromatic N) is 5. The van der Waals surface area contributed by atoms with Crippen LogP contribution in [0.25, 0.3) is 0 Å². The molecule has 8 nitrogen and oxygen atoms in total. The number of benzene rings is 1. The van der Waals surface area contributed by atoms with E-state index in [1.165, 1.54) is 5.56 Å². The highest BCUT2D eigenvalue weighted by Gasteiger charge is 2.19. The second-order valence-corrected chi connectivity index (χ2v) is 7.15. The van der Waals surface area contributed by atoms with Gasteiger partial charge in [-0.05, 0) is 24.5 Å². The molecular weight excluding hydrogens is 366 g/mol. The molecule has 1 saturated heterocycles. The Morgan fingerprint density at radius 3 is 2.66 bits per heavy atom. The third-order valence-corrected chi connectivity index (χ3v) is 4.99. The Morgan fingerprint density at radius 1 is 1.17 bits per heavy atom. The van der Waals surface area contributed by atoms with Crippen molar-refractivity contribution in [3.8, 4) is 0 Å². The number of rotatable bonds is 9. The number of aryl methyl sites for hydroxylation is 1. The van der Waals surface area contributed by atoms with Crippen LogP contribution >= 0.6 is 0 Å². The maximum atomic E-state index is 11.8. The molecule has 1 aliphatic heterocycles. The monoisotopic (exact) mass is 397 g/mol. The fourth-order valence-electron chi connectivity index (χ4n) is 3.39. The smallest absolute Gasteiger partial charge is 0.222 e. The van der Waals surface area contributed by atoms with E-state index in [0.717, 1.165) is 56.4 Å². The molecule has 2 aromatic rings. The van der Waals surface area contributed by atoms with Gasteiger partial charge in [0.1, 0.15) is 12.2 Å². The highest BCUT2D eigenvalue weighted by atomic mass is 16.2. The molecule has 0 bridgehead atoms. The first kappa shape index (κ1) is 20.8. The second-order valence-electron chi connectivity index (χ2n) is 7.15. The van der Waals surface area contributed by atoms with Gasteiger partial charge in [0.2, 0.25) is 5.91 Å². The van der Waals surface area contributed by atoms with Gasteiger partial charge in [-0.25, -0.2) is 4.99 Å². The molecule has 1 aromatic heterocycles. The summed E-state index contributed by atoms with van der Waals surface area (Å²) in [7, 11) is 0. The molecule has 0 spiro atoms. The summed E-state index contributed by atoms with van der Waals surface area (Å²) in [4.78, 5) is 18.4. The molecule has 0 saturated carbocycles. The van der Waals surface area contributed by atoms with Gasteiger partial charge in [0.05, 0.1) is 6.54 Å². The number of nitrogens with one attached hydrogen (secondary N) is 2. The predicted molar refractivity (Wildman–Crippen MR) is 113 cm³/mol. The Labute approximate surface area is 172 Å². The molecule has 1 amide bonds. The van der Waals surface area contributed by atoms with Crippen molar-refractivity contribution < 1.29 is 4.79 Å². The van der Waals surface area contributed by atoms with Crippen LogP contribution in [0, 0.1) is 0 Å². The lowest BCUT2D eigenvalue weighted by Crippen LogP contribution is -2.38. The number of amides is 1. The minimum atomic E-state index is 0.262. The van der Waals surface area contributed by atoms with E-state index in [2.05, 4.69) is 68.5 Å². The average Bonchev–Trinajstić information content (AvgIpc) is 3.36. The van der Waals surface area contributed by atoms with Crippen LogP contribution in [0.4, 0.5) is 0 Å². The van der Waals surface area contributed by atoms with Crippen LogP contribution in [-0.4, -0.2) is 51.2 Å². The van der Waals surface area contributed by atoms with E-state index in [4.69, 9.17) is 0 Å². The van der Waals surface area contributed by atoms with Crippen molar-refractivity contribution in [3.63, 3.8) is 0 Å². The van der Waals surface area contributed by atoms with Crippen LogP contribution in [0.1, 0.15) is 43.6 Å². The van der Waals surface area contributed by atoms with Crippen molar-refractivity contribution in [1.29, 1.82) is 0 Å². The van der Waals surface area contributed by atoms with E-state index in [1.807, 2.05) is 4.90 Å². The van der Waals surface area contributed by atoms with E-state index in [-0.39, 0.29) is 5.91 Å². The second kappa shape index (κ2) is 10.6. The first-order valence-electron chi connectivity index (χ1n) is 10.4. The Morgan fingerprint density at radius 2 is 1.97 bits per heavy atom. The summed E-state index contributed by atoms with van der Waals surface area (Å²) in [5.74, 6) is 2.05. The third-order valence-electron chi connectivity index (χ3n) is 4.99. The van der Waals surface area contributed by atoms with Gasteiger partial charge in [-0.3, -0.25) is 4.79 Å². The molecule has 1 aliphatic rings. The van der Waals surface area contributed by atoms with Crippen LogP contribution in [0.15, 0.2) is 35.6 Å². The number of hydrogen-bond acceptors (Lipinski definition) is 4.